The normalized spacial score (nSPS) is 10.3. The molecule has 0 aliphatic heterocycles. The zero-order chi connectivity index (χ0) is 13.8. The number of methoxy groups -OCH3 is 1. The van der Waals surface area contributed by atoms with Gasteiger partial charge in [-0.15, -0.1) is 0 Å². The Labute approximate surface area is 116 Å². The van der Waals surface area contributed by atoms with Crippen molar-refractivity contribution in [3.05, 3.63) is 52.4 Å². The van der Waals surface area contributed by atoms with Gasteiger partial charge in [-0.2, -0.15) is 0 Å². The molecule has 100 valence electrons. The van der Waals surface area contributed by atoms with Crippen LogP contribution in [-0.2, 0) is 11.3 Å². The Balaban J connectivity index is 2.15. The van der Waals surface area contributed by atoms with Crippen molar-refractivity contribution in [3.8, 4) is 0 Å². The number of anilines is 1. The van der Waals surface area contributed by atoms with E-state index in [9.17, 15) is 4.79 Å². The average molecular weight is 280 g/mol. The fraction of sp³-hybridized carbons (Fsp3) is 0.214. The monoisotopic (exact) mass is 279 g/mol. The van der Waals surface area contributed by atoms with Gasteiger partial charge in [0.25, 0.3) is 0 Å². The van der Waals surface area contributed by atoms with E-state index in [-0.39, 0.29) is 0 Å². The lowest BCUT2D eigenvalue weighted by molar-refractivity contribution is 0.0601. The second kappa shape index (κ2) is 5.80. The first kappa shape index (κ1) is 13.5. The van der Waals surface area contributed by atoms with Gasteiger partial charge in [0.15, 0.2) is 0 Å². The van der Waals surface area contributed by atoms with E-state index in [1.165, 1.54) is 7.11 Å². The van der Waals surface area contributed by atoms with Crippen molar-refractivity contribution in [2.45, 2.75) is 13.5 Å². The van der Waals surface area contributed by atoms with E-state index in [0.29, 0.717) is 22.8 Å². The molecule has 0 fully saturated rings. The van der Waals surface area contributed by atoms with E-state index in [1.807, 2.05) is 13.0 Å². The van der Waals surface area contributed by atoms with Crippen LogP contribution in [0.2, 0.25) is 5.02 Å². The molecular weight excluding hydrogens is 266 g/mol. The summed E-state index contributed by atoms with van der Waals surface area (Å²) in [7, 11) is 1.34. The standard InChI is InChI=1S/C14H14ClNO3/c1-9-5-6-19-13(9)8-16-12-7-10(14(17)18-2)3-4-11(12)15/h3-7,16H,8H2,1-2H3. The number of nitrogens with one attached hydrogen (secondary N) is 1. The van der Waals surface area contributed by atoms with Crippen LogP contribution < -0.4 is 5.32 Å². The molecule has 5 heteroatoms. The molecule has 4 nitrogen and oxygen atoms in total. The van der Waals surface area contributed by atoms with Crippen molar-refractivity contribution >= 4 is 23.3 Å². The van der Waals surface area contributed by atoms with Gasteiger partial charge in [-0.25, -0.2) is 4.79 Å². The van der Waals surface area contributed by atoms with Crippen LogP contribution in [0.4, 0.5) is 5.69 Å². The number of hydrogen-bond acceptors (Lipinski definition) is 4. The van der Waals surface area contributed by atoms with E-state index >= 15 is 0 Å². The third-order valence-corrected chi connectivity index (χ3v) is 3.12. The predicted molar refractivity (Wildman–Crippen MR) is 73.6 cm³/mol. The van der Waals surface area contributed by atoms with Crippen LogP contribution in [0.25, 0.3) is 0 Å². The predicted octanol–water partition coefficient (Wildman–Crippen LogP) is 3.64. The molecule has 0 radical (unpaired) electrons. The molecule has 1 N–H and O–H groups in total. The summed E-state index contributed by atoms with van der Waals surface area (Å²) in [4.78, 5) is 11.5. The van der Waals surface area contributed by atoms with Gasteiger partial charge in [-0.05, 0) is 36.8 Å². The number of carbonyl (C=O) groups excluding carboxylic acids is 1. The van der Waals surface area contributed by atoms with Crippen molar-refractivity contribution in [1.82, 2.24) is 0 Å². The molecule has 2 rings (SSSR count). The molecule has 0 saturated heterocycles. The minimum Gasteiger partial charge on any atom is -0.467 e. The second-order valence-electron chi connectivity index (χ2n) is 4.07. The summed E-state index contributed by atoms with van der Waals surface area (Å²) in [5.41, 5.74) is 2.18. The van der Waals surface area contributed by atoms with Gasteiger partial charge in [0, 0.05) is 0 Å². The molecule has 1 aromatic heterocycles. The number of halogens is 1. The molecule has 0 spiro atoms. The van der Waals surface area contributed by atoms with Crippen LogP contribution in [0.3, 0.4) is 0 Å². The molecule has 1 heterocycles. The fourth-order valence-electron chi connectivity index (χ4n) is 1.67. The number of hydrogen-bond donors (Lipinski definition) is 1. The first-order chi connectivity index (χ1) is 9.11. The van der Waals surface area contributed by atoms with Crippen LogP contribution in [0.15, 0.2) is 34.9 Å². The van der Waals surface area contributed by atoms with Crippen molar-refractivity contribution in [2.75, 3.05) is 12.4 Å². The Morgan fingerprint density at radius 3 is 2.84 bits per heavy atom. The van der Waals surface area contributed by atoms with Crippen LogP contribution >= 0.6 is 11.6 Å². The summed E-state index contributed by atoms with van der Waals surface area (Å²) in [5, 5.41) is 3.68. The zero-order valence-corrected chi connectivity index (χ0v) is 11.5. The maximum atomic E-state index is 11.5. The van der Waals surface area contributed by atoms with Crippen molar-refractivity contribution in [3.63, 3.8) is 0 Å². The quantitative estimate of drug-likeness (QED) is 0.868. The number of furan rings is 1. The highest BCUT2D eigenvalue weighted by Crippen LogP contribution is 2.24. The van der Waals surface area contributed by atoms with Crippen molar-refractivity contribution in [1.29, 1.82) is 0 Å². The number of benzene rings is 1. The number of ether oxygens (including phenoxy) is 1. The van der Waals surface area contributed by atoms with E-state index in [2.05, 4.69) is 10.1 Å². The van der Waals surface area contributed by atoms with E-state index in [4.69, 9.17) is 16.0 Å². The highest BCUT2D eigenvalue weighted by Gasteiger charge is 2.09. The van der Waals surface area contributed by atoms with Crippen molar-refractivity contribution < 1.29 is 13.9 Å². The SMILES string of the molecule is COC(=O)c1ccc(Cl)c(NCc2occc2C)c1. The maximum Gasteiger partial charge on any atom is 0.337 e. The lowest BCUT2D eigenvalue weighted by Gasteiger charge is -2.09. The van der Waals surface area contributed by atoms with Gasteiger partial charge in [-0.1, -0.05) is 11.6 Å². The molecule has 19 heavy (non-hydrogen) atoms. The summed E-state index contributed by atoms with van der Waals surface area (Å²) in [6.07, 6.45) is 1.64. The zero-order valence-electron chi connectivity index (χ0n) is 10.7. The summed E-state index contributed by atoms with van der Waals surface area (Å²) < 4.78 is 10.00. The highest BCUT2D eigenvalue weighted by atomic mass is 35.5. The van der Waals surface area contributed by atoms with E-state index in [0.717, 1.165) is 11.3 Å². The van der Waals surface area contributed by atoms with E-state index in [1.54, 1.807) is 24.5 Å². The number of carbonyl (C=O) groups is 1. The number of aryl methyl sites for hydroxylation is 1. The molecule has 2 aromatic rings. The van der Waals surface area contributed by atoms with Crippen LogP contribution in [0.5, 0.6) is 0 Å². The van der Waals surface area contributed by atoms with Gasteiger partial charge < -0.3 is 14.5 Å². The first-order valence-electron chi connectivity index (χ1n) is 5.76. The third kappa shape index (κ3) is 3.09. The Hall–Kier alpha value is -1.94. The molecule has 0 bridgehead atoms. The summed E-state index contributed by atoms with van der Waals surface area (Å²) in [5.74, 6) is 0.438. The topological polar surface area (TPSA) is 51.5 Å². The lowest BCUT2D eigenvalue weighted by Crippen LogP contribution is -2.04. The largest absolute Gasteiger partial charge is 0.467 e. The molecule has 1 aromatic carbocycles. The minimum absolute atomic E-state index is 0.395. The molecule has 0 aliphatic carbocycles. The maximum absolute atomic E-state index is 11.5. The average Bonchev–Trinajstić information content (AvgIpc) is 2.82. The Bertz CT molecular complexity index is 592. The molecule has 0 aliphatic rings. The summed E-state index contributed by atoms with van der Waals surface area (Å²) in [6.45, 7) is 2.47. The molecular formula is C14H14ClNO3. The molecule has 0 atom stereocenters. The Morgan fingerprint density at radius 1 is 1.42 bits per heavy atom. The molecule has 0 unspecified atom stereocenters. The minimum atomic E-state index is -0.395. The number of rotatable bonds is 4. The van der Waals surface area contributed by atoms with Gasteiger partial charge in [0.1, 0.15) is 5.76 Å². The molecule has 0 saturated carbocycles. The summed E-state index contributed by atoms with van der Waals surface area (Å²) >= 11 is 6.08. The third-order valence-electron chi connectivity index (χ3n) is 2.80. The van der Waals surface area contributed by atoms with Gasteiger partial charge >= 0.3 is 5.97 Å². The van der Waals surface area contributed by atoms with Gasteiger partial charge in [0.2, 0.25) is 0 Å². The van der Waals surface area contributed by atoms with Gasteiger partial charge in [0.05, 0.1) is 36.2 Å². The lowest BCUT2D eigenvalue weighted by atomic mass is 10.2. The highest BCUT2D eigenvalue weighted by molar-refractivity contribution is 6.33. The smallest absolute Gasteiger partial charge is 0.337 e. The van der Waals surface area contributed by atoms with E-state index < -0.39 is 5.97 Å². The summed E-state index contributed by atoms with van der Waals surface area (Å²) in [6, 6.07) is 6.83. The van der Waals surface area contributed by atoms with Crippen LogP contribution in [0, 0.1) is 6.92 Å². The van der Waals surface area contributed by atoms with Gasteiger partial charge in [-0.3, -0.25) is 0 Å². The second-order valence-corrected chi connectivity index (χ2v) is 4.47. The van der Waals surface area contributed by atoms with Crippen molar-refractivity contribution in [2.24, 2.45) is 0 Å². The Kier molecular flexibility index (Phi) is 4.12. The molecule has 0 amide bonds. The number of esters is 1. The Morgan fingerprint density at radius 2 is 2.21 bits per heavy atom. The van der Waals surface area contributed by atoms with Crippen LogP contribution in [0.1, 0.15) is 21.7 Å². The van der Waals surface area contributed by atoms with Crippen LogP contribution in [-0.4, -0.2) is 13.1 Å². The fourth-order valence-corrected chi connectivity index (χ4v) is 1.85. The first-order valence-corrected chi connectivity index (χ1v) is 6.14.